The third kappa shape index (κ3) is 4.40. The van der Waals surface area contributed by atoms with Crippen molar-refractivity contribution in [3.8, 4) is 0 Å². The van der Waals surface area contributed by atoms with Gasteiger partial charge in [0.1, 0.15) is 11.6 Å². The van der Waals surface area contributed by atoms with Crippen LogP contribution in [0, 0.1) is 11.6 Å². The molecule has 0 saturated carbocycles. The van der Waals surface area contributed by atoms with E-state index in [-0.39, 0.29) is 30.9 Å². The summed E-state index contributed by atoms with van der Waals surface area (Å²) in [5.41, 5.74) is 0.687. The van der Waals surface area contributed by atoms with Crippen LogP contribution in [-0.2, 0) is 0 Å². The predicted octanol–water partition coefficient (Wildman–Crippen LogP) is 3.86. The molecule has 0 amide bonds. The van der Waals surface area contributed by atoms with Crippen molar-refractivity contribution in [1.29, 1.82) is 0 Å². The monoisotopic (exact) mass is 366 g/mol. The lowest BCUT2D eigenvalue weighted by atomic mass is 10.0. The molecule has 1 saturated heterocycles. The molecular formula is C15H18Cl2F2N2S. The van der Waals surface area contributed by atoms with Gasteiger partial charge in [0, 0.05) is 37.1 Å². The van der Waals surface area contributed by atoms with Crippen molar-refractivity contribution in [2.45, 2.75) is 6.04 Å². The van der Waals surface area contributed by atoms with Crippen LogP contribution in [-0.4, -0.2) is 31.1 Å². The molecule has 1 aromatic heterocycles. The summed E-state index contributed by atoms with van der Waals surface area (Å²) in [6.45, 7) is 3.56. The second-order valence-corrected chi connectivity index (χ2v) is 5.89. The lowest BCUT2D eigenvalue weighted by Gasteiger charge is -2.34. The van der Waals surface area contributed by atoms with Crippen LogP contribution in [0.15, 0.2) is 35.7 Å². The van der Waals surface area contributed by atoms with Crippen molar-refractivity contribution < 1.29 is 8.78 Å². The molecule has 0 aliphatic carbocycles. The molecule has 0 bridgehead atoms. The molecule has 1 aliphatic heterocycles. The van der Waals surface area contributed by atoms with Crippen molar-refractivity contribution in [3.63, 3.8) is 0 Å². The fourth-order valence-corrected chi connectivity index (χ4v) is 3.56. The molecule has 2 aromatic rings. The molecule has 122 valence electrons. The molecule has 0 radical (unpaired) electrons. The number of thiophene rings is 1. The lowest BCUT2D eigenvalue weighted by Crippen LogP contribution is -2.45. The van der Waals surface area contributed by atoms with Crippen LogP contribution >= 0.6 is 36.2 Å². The Kier molecular flexibility index (Phi) is 7.72. The maximum Gasteiger partial charge on any atom is 0.126 e. The van der Waals surface area contributed by atoms with E-state index in [2.05, 4.69) is 10.2 Å². The summed E-state index contributed by atoms with van der Waals surface area (Å²) >= 11 is 1.62. The van der Waals surface area contributed by atoms with E-state index in [1.807, 2.05) is 17.5 Å². The maximum atomic E-state index is 13.5. The number of piperazine rings is 1. The number of rotatable bonds is 3. The largest absolute Gasteiger partial charge is 0.314 e. The zero-order valence-corrected chi connectivity index (χ0v) is 14.2. The molecule has 1 fully saturated rings. The third-order valence-corrected chi connectivity index (χ3v) is 4.45. The zero-order valence-electron chi connectivity index (χ0n) is 11.8. The standard InChI is InChI=1S/C15H16F2N2S.2ClH/c16-12-8-11(9-13(17)10-12)15(14-2-1-7-20-14)19-5-3-18-4-6-19;;/h1-2,7-10,15,18H,3-6H2;2*1H/t15-;;/m0../s1. The second-order valence-electron chi connectivity index (χ2n) is 4.91. The van der Waals surface area contributed by atoms with Gasteiger partial charge in [-0.05, 0) is 29.1 Å². The fraction of sp³-hybridized carbons (Fsp3) is 0.333. The minimum atomic E-state index is -0.517. The van der Waals surface area contributed by atoms with Crippen LogP contribution in [0.1, 0.15) is 16.5 Å². The Hall–Kier alpha value is -0.720. The first-order valence-corrected chi connectivity index (χ1v) is 7.56. The maximum absolute atomic E-state index is 13.5. The molecule has 1 aromatic carbocycles. The average Bonchev–Trinajstić information content (AvgIpc) is 2.93. The van der Waals surface area contributed by atoms with Gasteiger partial charge in [-0.15, -0.1) is 36.2 Å². The number of nitrogens with zero attached hydrogens (tertiary/aromatic N) is 1. The topological polar surface area (TPSA) is 15.3 Å². The van der Waals surface area contributed by atoms with Gasteiger partial charge in [0.25, 0.3) is 0 Å². The van der Waals surface area contributed by atoms with E-state index in [1.165, 1.54) is 12.1 Å². The van der Waals surface area contributed by atoms with Gasteiger partial charge in [-0.25, -0.2) is 8.78 Å². The summed E-state index contributed by atoms with van der Waals surface area (Å²) in [4.78, 5) is 3.40. The van der Waals surface area contributed by atoms with Gasteiger partial charge in [0.2, 0.25) is 0 Å². The summed E-state index contributed by atoms with van der Waals surface area (Å²) in [6, 6.07) is 7.74. The highest BCUT2D eigenvalue weighted by molar-refractivity contribution is 7.10. The Balaban J connectivity index is 0.00000121. The van der Waals surface area contributed by atoms with Crippen LogP contribution < -0.4 is 5.32 Å². The van der Waals surface area contributed by atoms with Gasteiger partial charge in [0.05, 0.1) is 6.04 Å². The number of hydrogen-bond acceptors (Lipinski definition) is 3. The first-order valence-electron chi connectivity index (χ1n) is 6.68. The normalized spacial score (nSPS) is 16.5. The van der Waals surface area contributed by atoms with Crippen molar-refractivity contribution in [2.24, 2.45) is 0 Å². The minimum absolute atomic E-state index is 0. The Labute approximate surface area is 145 Å². The number of hydrogen-bond donors (Lipinski definition) is 1. The van der Waals surface area contributed by atoms with Crippen LogP contribution in [0.4, 0.5) is 8.78 Å². The van der Waals surface area contributed by atoms with Gasteiger partial charge in [-0.3, -0.25) is 4.90 Å². The summed E-state index contributed by atoms with van der Waals surface area (Å²) < 4.78 is 27.1. The van der Waals surface area contributed by atoms with E-state index < -0.39 is 11.6 Å². The number of benzene rings is 1. The minimum Gasteiger partial charge on any atom is -0.314 e. The molecule has 22 heavy (non-hydrogen) atoms. The van der Waals surface area contributed by atoms with Gasteiger partial charge in [0.15, 0.2) is 0 Å². The summed E-state index contributed by atoms with van der Waals surface area (Å²) in [5.74, 6) is -1.03. The smallest absolute Gasteiger partial charge is 0.126 e. The van der Waals surface area contributed by atoms with Crippen LogP contribution in [0.5, 0.6) is 0 Å². The van der Waals surface area contributed by atoms with Gasteiger partial charge in [-0.2, -0.15) is 0 Å². The van der Waals surface area contributed by atoms with Crippen LogP contribution in [0.2, 0.25) is 0 Å². The van der Waals surface area contributed by atoms with E-state index >= 15 is 0 Å². The molecule has 1 N–H and O–H groups in total. The molecule has 0 spiro atoms. The highest BCUT2D eigenvalue weighted by Crippen LogP contribution is 2.32. The Bertz CT molecular complexity index is 555. The van der Waals surface area contributed by atoms with Crippen molar-refractivity contribution in [3.05, 3.63) is 57.8 Å². The van der Waals surface area contributed by atoms with E-state index in [1.54, 1.807) is 11.3 Å². The van der Waals surface area contributed by atoms with E-state index in [0.29, 0.717) is 5.56 Å². The van der Waals surface area contributed by atoms with Crippen molar-refractivity contribution in [1.82, 2.24) is 10.2 Å². The molecule has 7 heteroatoms. The summed E-state index contributed by atoms with van der Waals surface area (Å²) in [7, 11) is 0. The van der Waals surface area contributed by atoms with Gasteiger partial charge < -0.3 is 5.32 Å². The molecule has 2 heterocycles. The Morgan fingerprint density at radius 3 is 2.23 bits per heavy atom. The average molecular weight is 367 g/mol. The van der Waals surface area contributed by atoms with Gasteiger partial charge >= 0.3 is 0 Å². The zero-order chi connectivity index (χ0) is 13.9. The highest BCUT2D eigenvalue weighted by Gasteiger charge is 2.25. The molecule has 1 atom stereocenters. The first-order chi connectivity index (χ1) is 9.74. The third-order valence-electron chi connectivity index (χ3n) is 3.53. The van der Waals surface area contributed by atoms with E-state index in [4.69, 9.17) is 0 Å². The van der Waals surface area contributed by atoms with E-state index in [0.717, 1.165) is 37.1 Å². The molecular weight excluding hydrogens is 349 g/mol. The summed E-state index contributed by atoms with van der Waals surface area (Å²) in [5, 5.41) is 5.30. The molecule has 3 rings (SSSR count). The number of halogens is 4. The fourth-order valence-electron chi connectivity index (χ4n) is 2.68. The predicted molar refractivity (Wildman–Crippen MR) is 91.5 cm³/mol. The van der Waals surface area contributed by atoms with Crippen molar-refractivity contribution in [2.75, 3.05) is 26.2 Å². The Morgan fingerprint density at radius 2 is 1.68 bits per heavy atom. The lowest BCUT2D eigenvalue weighted by molar-refractivity contribution is 0.200. The van der Waals surface area contributed by atoms with Crippen LogP contribution in [0.25, 0.3) is 0 Å². The van der Waals surface area contributed by atoms with Crippen molar-refractivity contribution >= 4 is 36.2 Å². The second kappa shape index (κ2) is 8.79. The molecule has 2 nitrogen and oxygen atoms in total. The van der Waals surface area contributed by atoms with E-state index in [9.17, 15) is 8.78 Å². The number of nitrogens with one attached hydrogen (secondary N) is 1. The highest BCUT2D eigenvalue weighted by atomic mass is 35.5. The Morgan fingerprint density at radius 1 is 1.05 bits per heavy atom. The SMILES string of the molecule is Cl.Cl.Fc1cc(F)cc([C@@H](c2cccs2)N2CCNCC2)c1. The molecule has 1 aliphatic rings. The first kappa shape index (κ1) is 19.3. The quantitative estimate of drug-likeness (QED) is 0.886. The summed E-state index contributed by atoms with van der Waals surface area (Å²) in [6.07, 6.45) is 0. The van der Waals surface area contributed by atoms with Crippen LogP contribution in [0.3, 0.4) is 0 Å². The van der Waals surface area contributed by atoms with Gasteiger partial charge in [-0.1, -0.05) is 6.07 Å². The molecule has 0 unspecified atom stereocenters.